The molecular formula is C18H24ClF2N5O2. The van der Waals surface area contributed by atoms with E-state index in [1.807, 2.05) is 13.8 Å². The molecule has 1 aromatic carbocycles. The quantitative estimate of drug-likeness (QED) is 0.368. The Morgan fingerprint density at radius 3 is 2.75 bits per heavy atom. The van der Waals surface area contributed by atoms with Crippen molar-refractivity contribution >= 4 is 17.6 Å². The number of aliphatic imine (C=N–C) groups is 1. The number of hydrogen-bond donors (Lipinski definition) is 2. The van der Waals surface area contributed by atoms with E-state index in [4.69, 9.17) is 16.1 Å². The highest BCUT2D eigenvalue weighted by atomic mass is 35.5. The topological polar surface area (TPSA) is 84.6 Å². The molecule has 2 rings (SSSR count). The highest BCUT2D eigenvalue weighted by Gasteiger charge is 2.12. The Balaban J connectivity index is 1.80. The third kappa shape index (κ3) is 6.95. The monoisotopic (exact) mass is 415 g/mol. The lowest BCUT2D eigenvalue weighted by molar-refractivity contribution is -0.0504. The molecule has 0 saturated carbocycles. The van der Waals surface area contributed by atoms with Crippen molar-refractivity contribution in [1.82, 2.24) is 20.8 Å². The largest absolute Gasteiger partial charge is 0.434 e. The molecule has 0 amide bonds. The maximum absolute atomic E-state index is 12.5. The first-order valence-corrected chi connectivity index (χ1v) is 9.27. The molecule has 7 nitrogen and oxygen atoms in total. The van der Waals surface area contributed by atoms with Gasteiger partial charge in [0.05, 0.1) is 0 Å². The summed E-state index contributed by atoms with van der Waals surface area (Å²) in [6.45, 7) is 1.95. The molecule has 154 valence electrons. The molecule has 0 unspecified atom stereocenters. The number of aryl methyl sites for hydroxylation is 1. The molecular weight excluding hydrogens is 392 g/mol. The second-order valence-corrected chi connectivity index (χ2v) is 6.72. The maximum Gasteiger partial charge on any atom is 0.387 e. The van der Waals surface area contributed by atoms with Gasteiger partial charge in [0, 0.05) is 43.1 Å². The number of alkyl halides is 2. The fourth-order valence-corrected chi connectivity index (χ4v) is 2.54. The Hall–Kier alpha value is -2.42. The van der Waals surface area contributed by atoms with E-state index in [9.17, 15) is 8.78 Å². The van der Waals surface area contributed by atoms with Gasteiger partial charge in [0.1, 0.15) is 5.75 Å². The van der Waals surface area contributed by atoms with E-state index < -0.39 is 6.61 Å². The van der Waals surface area contributed by atoms with Crippen LogP contribution >= 0.6 is 11.6 Å². The van der Waals surface area contributed by atoms with Crippen LogP contribution in [-0.4, -0.2) is 36.3 Å². The molecule has 10 heteroatoms. The average molecular weight is 416 g/mol. The molecule has 0 radical (unpaired) electrons. The zero-order chi connectivity index (χ0) is 20.5. The van der Waals surface area contributed by atoms with Crippen LogP contribution in [0, 0.1) is 0 Å². The Bertz CT molecular complexity index is 783. The number of nitrogens with zero attached hydrogens (tertiary/aromatic N) is 3. The van der Waals surface area contributed by atoms with Crippen LogP contribution in [0.15, 0.2) is 27.7 Å². The van der Waals surface area contributed by atoms with Crippen molar-refractivity contribution in [3.8, 4) is 5.75 Å². The van der Waals surface area contributed by atoms with Crippen LogP contribution < -0.4 is 15.4 Å². The second-order valence-electron chi connectivity index (χ2n) is 6.29. The molecule has 0 atom stereocenters. The molecule has 0 saturated heterocycles. The van der Waals surface area contributed by atoms with Crippen molar-refractivity contribution < 1.29 is 18.0 Å². The molecule has 0 aliphatic rings. The second kappa shape index (κ2) is 10.8. The zero-order valence-electron chi connectivity index (χ0n) is 16.0. The lowest BCUT2D eigenvalue weighted by Gasteiger charge is -2.14. The fourth-order valence-electron chi connectivity index (χ4n) is 2.35. The van der Waals surface area contributed by atoms with E-state index in [-0.39, 0.29) is 18.2 Å². The van der Waals surface area contributed by atoms with Gasteiger partial charge in [0.25, 0.3) is 0 Å². The van der Waals surface area contributed by atoms with Gasteiger partial charge in [-0.15, -0.1) is 0 Å². The number of hydrogen-bond acceptors (Lipinski definition) is 5. The van der Waals surface area contributed by atoms with E-state index in [2.05, 4.69) is 30.5 Å². The van der Waals surface area contributed by atoms with Crippen molar-refractivity contribution in [3.05, 3.63) is 40.5 Å². The first-order chi connectivity index (χ1) is 13.4. The number of ether oxygens (including phenoxy) is 1. The van der Waals surface area contributed by atoms with Gasteiger partial charge in [0.15, 0.2) is 11.8 Å². The smallest absolute Gasteiger partial charge is 0.387 e. The lowest BCUT2D eigenvalue weighted by atomic mass is 10.2. The fraction of sp³-hybridized carbons (Fsp3) is 0.500. The molecule has 0 spiro atoms. The van der Waals surface area contributed by atoms with Crippen LogP contribution in [0.5, 0.6) is 5.75 Å². The lowest BCUT2D eigenvalue weighted by Crippen LogP contribution is -2.37. The summed E-state index contributed by atoms with van der Waals surface area (Å²) in [7, 11) is 1.62. The standard InChI is InChI=1S/C18H24ClF2N5O2/c1-11(2)16-25-15(28-26-16)5-4-8-23-18(22-3)24-10-12-9-13(19)6-7-14(12)27-17(20)21/h6-7,9,11,17H,4-5,8,10H2,1-3H3,(H2,22,23,24). The minimum Gasteiger partial charge on any atom is -0.434 e. The van der Waals surface area contributed by atoms with Crippen LogP contribution in [0.3, 0.4) is 0 Å². The Labute approximate surface area is 167 Å². The first-order valence-electron chi connectivity index (χ1n) is 8.89. The Morgan fingerprint density at radius 2 is 2.11 bits per heavy atom. The van der Waals surface area contributed by atoms with E-state index >= 15 is 0 Å². The predicted octanol–water partition coefficient (Wildman–Crippen LogP) is 3.75. The van der Waals surface area contributed by atoms with Crippen LogP contribution in [-0.2, 0) is 13.0 Å². The number of halogens is 3. The summed E-state index contributed by atoms with van der Waals surface area (Å²) in [4.78, 5) is 8.43. The SMILES string of the molecule is CN=C(NCCCc1nc(C(C)C)no1)NCc1cc(Cl)ccc1OC(F)F. The van der Waals surface area contributed by atoms with E-state index in [0.29, 0.717) is 41.2 Å². The van der Waals surface area contributed by atoms with Crippen molar-refractivity contribution in [1.29, 1.82) is 0 Å². The highest BCUT2D eigenvalue weighted by molar-refractivity contribution is 6.30. The summed E-state index contributed by atoms with van der Waals surface area (Å²) >= 11 is 5.95. The number of guanidine groups is 1. The van der Waals surface area contributed by atoms with Gasteiger partial charge in [0.2, 0.25) is 5.89 Å². The van der Waals surface area contributed by atoms with Crippen LogP contribution in [0.4, 0.5) is 8.78 Å². The van der Waals surface area contributed by atoms with Crippen LogP contribution in [0.1, 0.15) is 43.5 Å². The summed E-state index contributed by atoms with van der Waals surface area (Å²) in [5, 5.41) is 10.5. The minimum absolute atomic E-state index is 0.0692. The molecule has 0 bridgehead atoms. The molecule has 0 fully saturated rings. The molecule has 2 aromatic rings. The van der Waals surface area contributed by atoms with Crippen molar-refractivity contribution in [2.24, 2.45) is 4.99 Å². The average Bonchev–Trinajstić information content (AvgIpc) is 3.12. The normalized spacial score (nSPS) is 11.9. The van der Waals surface area contributed by atoms with Gasteiger partial charge in [-0.2, -0.15) is 13.8 Å². The predicted molar refractivity (Wildman–Crippen MR) is 103 cm³/mol. The Morgan fingerprint density at radius 1 is 1.32 bits per heavy atom. The maximum atomic E-state index is 12.5. The number of rotatable bonds is 9. The highest BCUT2D eigenvalue weighted by Crippen LogP contribution is 2.24. The summed E-state index contributed by atoms with van der Waals surface area (Å²) in [5.74, 6) is 2.12. The van der Waals surface area contributed by atoms with Crippen molar-refractivity contribution in [2.75, 3.05) is 13.6 Å². The summed E-state index contributed by atoms with van der Waals surface area (Å²) < 4.78 is 34.8. The van der Waals surface area contributed by atoms with E-state index in [1.165, 1.54) is 12.1 Å². The molecule has 0 aliphatic heterocycles. The van der Waals surface area contributed by atoms with Gasteiger partial charge in [-0.3, -0.25) is 4.99 Å². The number of aromatic nitrogens is 2. The van der Waals surface area contributed by atoms with Gasteiger partial charge in [-0.1, -0.05) is 30.6 Å². The van der Waals surface area contributed by atoms with Crippen LogP contribution in [0.25, 0.3) is 0 Å². The van der Waals surface area contributed by atoms with Crippen LogP contribution in [0.2, 0.25) is 5.02 Å². The summed E-state index contributed by atoms with van der Waals surface area (Å²) in [6, 6.07) is 4.48. The third-order valence-corrected chi connectivity index (χ3v) is 4.00. The molecule has 1 heterocycles. The van der Waals surface area contributed by atoms with E-state index in [1.54, 1.807) is 13.1 Å². The summed E-state index contributed by atoms with van der Waals surface area (Å²) in [6.07, 6.45) is 1.40. The van der Waals surface area contributed by atoms with Gasteiger partial charge in [-0.25, -0.2) is 0 Å². The van der Waals surface area contributed by atoms with E-state index in [0.717, 1.165) is 6.42 Å². The molecule has 2 N–H and O–H groups in total. The zero-order valence-corrected chi connectivity index (χ0v) is 16.8. The summed E-state index contributed by atoms with van der Waals surface area (Å²) in [5.41, 5.74) is 0.503. The van der Waals surface area contributed by atoms with Crippen molar-refractivity contribution in [2.45, 2.75) is 45.8 Å². The Kier molecular flexibility index (Phi) is 8.43. The molecule has 1 aromatic heterocycles. The van der Waals surface area contributed by atoms with Crippen molar-refractivity contribution in [3.63, 3.8) is 0 Å². The number of benzene rings is 1. The van der Waals surface area contributed by atoms with Gasteiger partial charge in [-0.05, 0) is 24.6 Å². The van der Waals surface area contributed by atoms with Gasteiger partial charge >= 0.3 is 6.61 Å². The molecule has 28 heavy (non-hydrogen) atoms. The number of nitrogens with one attached hydrogen (secondary N) is 2. The minimum atomic E-state index is -2.90. The first kappa shape index (κ1) is 21.9. The van der Waals surface area contributed by atoms with Gasteiger partial charge < -0.3 is 19.9 Å². The molecule has 0 aliphatic carbocycles. The third-order valence-electron chi connectivity index (χ3n) is 3.77.